The van der Waals surface area contributed by atoms with Crippen molar-refractivity contribution in [3.63, 3.8) is 0 Å². The van der Waals surface area contributed by atoms with E-state index >= 15 is 0 Å². The van der Waals surface area contributed by atoms with Gasteiger partial charge in [0.2, 0.25) is 5.91 Å². The van der Waals surface area contributed by atoms with Crippen LogP contribution in [-0.2, 0) is 14.6 Å². The summed E-state index contributed by atoms with van der Waals surface area (Å²) in [5, 5.41) is 1.98. The first-order valence-corrected chi connectivity index (χ1v) is 11.7. The summed E-state index contributed by atoms with van der Waals surface area (Å²) in [4.78, 5) is 24.2. The van der Waals surface area contributed by atoms with Gasteiger partial charge in [-0.2, -0.15) is 0 Å². The standard InChI is InChI=1S/C24H22ClNO5S/c1-16(27)26-20-9-13-22(14-10-20)32(29,30)24(18-5-11-21(31-2)12-6-18)15-23(28)17-3-7-19(25)8-4-17/h3-14,24H,15H2,1-2H3,(H,26,27)/t24-/m0/s1. The van der Waals surface area contributed by atoms with Gasteiger partial charge >= 0.3 is 0 Å². The number of sulfone groups is 1. The Balaban J connectivity index is 1.99. The van der Waals surface area contributed by atoms with E-state index in [9.17, 15) is 18.0 Å². The van der Waals surface area contributed by atoms with Crippen LogP contribution in [-0.4, -0.2) is 27.2 Å². The van der Waals surface area contributed by atoms with E-state index < -0.39 is 15.1 Å². The Kier molecular flexibility index (Phi) is 7.33. The second-order valence-corrected chi connectivity index (χ2v) is 9.71. The lowest BCUT2D eigenvalue weighted by atomic mass is 10.0. The van der Waals surface area contributed by atoms with Crippen molar-refractivity contribution in [2.75, 3.05) is 12.4 Å². The van der Waals surface area contributed by atoms with Crippen molar-refractivity contribution >= 4 is 38.8 Å². The molecule has 0 saturated carbocycles. The molecule has 0 spiro atoms. The maximum absolute atomic E-state index is 13.5. The lowest BCUT2D eigenvalue weighted by Gasteiger charge is -2.19. The summed E-state index contributed by atoms with van der Waals surface area (Å²) < 4.78 is 32.3. The highest BCUT2D eigenvalue weighted by Crippen LogP contribution is 2.34. The van der Waals surface area contributed by atoms with Crippen molar-refractivity contribution in [2.24, 2.45) is 0 Å². The normalized spacial score (nSPS) is 12.1. The maximum Gasteiger partial charge on any atom is 0.221 e. The first kappa shape index (κ1) is 23.5. The van der Waals surface area contributed by atoms with E-state index in [-0.39, 0.29) is 23.0 Å². The van der Waals surface area contributed by atoms with Crippen LogP contribution < -0.4 is 10.1 Å². The quantitative estimate of drug-likeness (QED) is 0.462. The van der Waals surface area contributed by atoms with Crippen LogP contribution >= 0.6 is 11.6 Å². The summed E-state index contributed by atoms with van der Waals surface area (Å²) in [6.45, 7) is 1.37. The molecule has 6 nitrogen and oxygen atoms in total. The van der Waals surface area contributed by atoms with Crippen molar-refractivity contribution in [3.05, 3.63) is 88.9 Å². The molecule has 3 aromatic rings. The Bertz CT molecular complexity index is 1200. The zero-order valence-corrected chi connectivity index (χ0v) is 19.1. The van der Waals surface area contributed by atoms with Crippen LogP contribution in [0, 0.1) is 0 Å². The Morgan fingerprint density at radius 2 is 1.53 bits per heavy atom. The number of nitrogens with one attached hydrogen (secondary N) is 1. The number of hydrogen-bond donors (Lipinski definition) is 1. The van der Waals surface area contributed by atoms with E-state index in [1.165, 1.54) is 38.3 Å². The molecule has 3 aromatic carbocycles. The highest BCUT2D eigenvalue weighted by atomic mass is 35.5. The molecule has 0 radical (unpaired) electrons. The molecule has 3 rings (SSSR count). The van der Waals surface area contributed by atoms with Gasteiger partial charge in [0.05, 0.1) is 17.3 Å². The molecule has 0 aliphatic rings. The van der Waals surface area contributed by atoms with Gasteiger partial charge in [-0.3, -0.25) is 9.59 Å². The molecule has 0 aliphatic carbocycles. The van der Waals surface area contributed by atoms with Crippen LogP contribution in [0.3, 0.4) is 0 Å². The van der Waals surface area contributed by atoms with Crippen molar-refractivity contribution in [2.45, 2.75) is 23.5 Å². The summed E-state index contributed by atoms with van der Waals surface area (Å²) in [7, 11) is -2.41. The fraction of sp³-hybridized carbons (Fsp3) is 0.167. The van der Waals surface area contributed by atoms with E-state index in [1.807, 2.05) is 0 Å². The van der Waals surface area contributed by atoms with Crippen LogP contribution in [0.1, 0.15) is 34.5 Å². The molecule has 0 unspecified atom stereocenters. The fourth-order valence-corrected chi connectivity index (χ4v) is 5.10. The molecule has 0 bridgehead atoms. The second-order valence-electron chi connectivity index (χ2n) is 7.15. The summed E-state index contributed by atoms with van der Waals surface area (Å²) >= 11 is 5.90. The van der Waals surface area contributed by atoms with Gasteiger partial charge in [-0.1, -0.05) is 23.7 Å². The van der Waals surface area contributed by atoms with E-state index in [2.05, 4.69) is 5.32 Å². The zero-order valence-electron chi connectivity index (χ0n) is 17.5. The average molecular weight is 472 g/mol. The Morgan fingerprint density at radius 1 is 0.938 bits per heavy atom. The third kappa shape index (κ3) is 5.55. The molecule has 1 N–H and O–H groups in total. The number of amides is 1. The van der Waals surface area contributed by atoms with Gasteiger partial charge in [0.25, 0.3) is 0 Å². The number of ketones is 1. The Hall–Kier alpha value is -3.16. The molecule has 0 fully saturated rings. The number of halogens is 1. The van der Waals surface area contributed by atoms with Gasteiger partial charge in [-0.05, 0) is 66.2 Å². The smallest absolute Gasteiger partial charge is 0.221 e. The number of methoxy groups -OCH3 is 1. The number of rotatable bonds is 8. The lowest BCUT2D eigenvalue weighted by molar-refractivity contribution is -0.114. The van der Waals surface area contributed by atoms with E-state index in [1.54, 1.807) is 48.5 Å². The van der Waals surface area contributed by atoms with Crippen molar-refractivity contribution in [1.29, 1.82) is 0 Å². The molecule has 166 valence electrons. The summed E-state index contributed by atoms with van der Waals surface area (Å²) in [6.07, 6.45) is -0.246. The lowest BCUT2D eigenvalue weighted by Crippen LogP contribution is -2.18. The summed E-state index contributed by atoms with van der Waals surface area (Å²) in [6, 6.07) is 18.8. The van der Waals surface area contributed by atoms with E-state index in [4.69, 9.17) is 16.3 Å². The zero-order chi connectivity index (χ0) is 23.3. The minimum Gasteiger partial charge on any atom is -0.497 e. The van der Waals surface area contributed by atoms with E-state index in [0.29, 0.717) is 27.6 Å². The summed E-state index contributed by atoms with van der Waals surface area (Å²) in [5.41, 5.74) is 1.33. The molecule has 0 saturated heterocycles. The topological polar surface area (TPSA) is 89.5 Å². The third-order valence-electron chi connectivity index (χ3n) is 4.90. The molecule has 32 heavy (non-hydrogen) atoms. The monoisotopic (exact) mass is 471 g/mol. The minimum absolute atomic E-state index is 0.0522. The van der Waals surface area contributed by atoms with Crippen molar-refractivity contribution < 1.29 is 22.7 Å². The first-order valence-electron chi connectivity index (χ1n) is 9.75. The summed E-state index contributed by atoms with van der Waals surface area (Å²) in [5.74, 6) is -0.000195. The highest BCUT2D eigenvalue weighted by Gasteiger charge is 2.31. The molecule has 0 aliphatic heterocycles. The SMILES string of the molecule is COc1ccc([C@H](CC(=O)c2ccc(Cl)cc2)S(=O)(=O)c2ccc(NC(C)=O)cc2)cc1. The van der Waals surface area contributed by atoms with Crippen molar-refractivity contribution in [1.82, 2.24) is 0 Å². The van der Waals surface area contributed by atoms with Gasteiger partial charge in [0, 0.05) is 29.6 Å². The van der Waals surface area contributed by atoms with Crippen molar-refractivity contribution in [3.8, 4) is 5.75 Å². The number of ether oxygens (including phenoxy) is 1. The third-order valence-corrected chi connectivity index (χ3v) is 7.27. The van der Waals surface area contributed by atoms with Gasteiger partial charge in [-0.25, -0.2) is 8.42 Å². The Labute approximate surface area is 192 Å². The highest BCUT2D eigenvalue weighted by molar-refractivity contribution is 7.91. The average Bonchev–Trinajstić information content (AvgIpc) is 2.78. The number of benzene rings is 3. The van der Waals surface area contributed by atoms with Crippen LogP contribution in [0.5, 0.6) is 5.75 Å². The minimum atomic E-state index is -3.93. The molecule has 0 heterocycles. The van der Waals surface area contributed by atoms with Gasteiger partial charge in [0.15, 0.2) is 15.6 Å². The molecular weight excluding hydrogens is 450 g/mol. The van der Waals surface area contributed by atoms with Crippen LogP contribution in [0.25, 0.3) is 0 Å². The van der Waals surface area contributed by atoms with Gasteiger partial charge in [0.1, 0.15) is 5.75 Å². The maximum atomic E-state index is 13.5. The molecule has 8 heteroatoms. The first-order chi connectivity index (χ1) is 15.2. The van der Waals surface area contributed by atoms with Crippen LogP contribution in [0.4, 0.5) is 5.69 Å². The predicted molar refractivity (Wildman–Crippen MR) is 124 cm³/mol. The predicted octanol–water partition coefficient (Wildman–Crippen LogP) is 5.10. The molecule has 1 atom stereocenters. The number of carbonyl (C=O) groups is 2. The van der Waals surface area contributed by atoms with Gasteiger partial charge < -0.3 is 10.1 Å². The van der Waals surface area contributed by atoms with Gasteiger partial charge in [-0.15, -0.1) is 0 Å². The molecule has 0 aromatic heterocycles. The van der Waals surface area contributed by atoms with Crippen LogP contribution in [0.15, 0.2) is 77.7 Å². The number of anilines is 1. The number of carbonyl (C=O) groups excluding carboxylic acids is 2. The fourth-order valence-electron chi connectivity index (χ4n) is 3.24. The molecular formula is C24H22ClNO5S. The van der Waals surface area contributed by atoms with Crippen LogP contribution in [0.2, 0.25) is 5.02 Å². The molecule has 1 amide bonds. The Morgan fingerprint density at radius 3 is 2.06 bits per heavy atom. The van der Waals surface area contributed by atoms with E-state index in [0.717, 1.165) is 0 Å². The number of hydrogen-bond acceptors (Lipinski definition) is 5. The second kappa shape index (κ2) is 9.97. The number of Topliss-reactive ketones (excluding diaryl/α,β-unsaturated/α-hetero) is 1. The largest absolute Gasteiger partial charge is 0.497 e.